The van der Waals surface area contributed by atoms with Crippen LogP contribution in [0.25, 0.3) is 0 Å². The summed E-state index contributed by atoms with van der Waals surface area (Å²) in [6.45, 7) is 2.21. The Morgan fingerprint density at radius 1 is 1.00 bits per heavy atom. The van der Waals surface area contributed by atoms with E-state index in [4.69, 9.17) is 0 Å². The molecule has 4 rings (SSSR count). The van der Waals surface area contributed by atoms with Gasteiger partial charge in [-0.05, 0) is 52.0 Å². The van der Waals surface area contributed by atoms with E-state index in [0.717, 1.165) is 42.0 Å². The molecule has 0 bridgehead atoms. The van der Waals surface area contributed by atoms with Crippen molar-refractivity contribution in [2.75, 3.05) is 37.0 Å². The highest BCUT2D eigenvalue weighted by Gasteiger charge is 2.16. The number of halogens is 4. The number of hydrogen-bond donors (Lipinski definition) is 0. The first-order chi connectivity index (χ1) is 11.1. The lowest BCUT2D eigenvalue weighted by Crippen LogP contribution is -2.13. The minimum Gasteiger partial charge on any atom is -0.359 e. The lowest BCUT2D eigenvalue weighted by molar-refractivity contribution is 0.945. The molecule has 4 heterocycles. The molecule has 0 aliphatic carbocycles. The third kappa shape index (κ3) is 5.79. The number of likely N-dealkylation sites (N-methyl/N-ethyl adjacent to an activating group) is 2. The molecule has 132 valence electrons. The topological polar surface area (TPSA) is 32.3 Å². The number of nitrogens with zero attached hydrogens (tertiary/aromatic N) is 4. The van der Waals surface area contributed by atoms with Gasteiger partial charge >= 0.3 is 0 Å². The smallest absolute Gasteiger partial charge is 0.131 e. The molecule has 4 nitrogen and oxygen atoms in total. The minimum absolute atomic E-state index is 0. The average molecular weight is 729 g/mol. The van der Waals surface area contributed by atoms with Gasteiger partial charge in [-0.3, -0.25) is 0 Å². The van der Waals surface area contributed by atoms with Gasteiger partial charge in [0.1, 0.15) is 11.6 Å². The van der Waals surface area contributed by atoms with Crippen LogP contribution in [0, 0.1) is 0 Å². The van der Waals surface area contributed by atoms with Crippen LogP contribution in [-0.4, -0.2) is 37.2 Å². The van der Waals surface area contributed by atoms with Gasteiger partial charge in [-0.25, -0.2) is 9.97 Å². The van der Waals surface area contributed by atoms with E-state index in [9.17, 15) is 0 Å². The molecule has 0 atom stereocenters. The molecule has 0 saturated carbocycles. The molecule has 2 aliphatic heterocycles. The van der Waals surface area contributed by atoms with Crippen molar-refractivity contribution in [1.29, 1.82) is 0 Å². The van der Waals surface area contributed by atoms with Crippen molar-refractivity contribution < 1.29 is 0 Å². The quantitative estimate of drug-likeness (QED) is 0.345. The van der Waals surface area contributed by atoms with Gasteiger partial charge in [0.2, 0.25) is 0 Å². The van der Waals surface area contributed by atoms with Crippen LogP contribution >= 0.6 is 77.1 Å². The number of aromatic nitrogens is 2. The number of fused-ring (bicyclic) bond motifs is 2. The Morgan fingerprint density at radius 3 is 2.21 bits per heavy atom. The van der Waals surface area contributed by atoms with Crippen molar-refractivity contribution in [3.63, 3.8) is 0 Å². The van der Waals surface area contributed by atoms with Crippen molar-refractivity contribution in [1.82, 2.24) is 9.97 Å². The molecular formula is C16H20BrI3N4. The zero-order valence-electron chi connectivity index (χ0n) is 13.5. The van der Waals surface area contributed by atoms with Gasteiger partial charge in [-0.15, -0.1) is 24.0 Å². The molecule has 0 saturated heterocycles. The van der Waals surface area contributed by atoms with Crippen LogP contribution in [0.2, 0.25) is 0 Å². The molecule has 2 aromatic rings. The third-order valence-corrected chi connectivity index (χ3v) is 4.37. The maximum atomic E-state index is 4.32. The van der Waals surface area contributed by atoms with Gasteiger partial charge in [-0.1, -0.05) is 6.07 Å². The van der Waals surface area contributed by atoms with Crippen molar-refractivity contribution in [2.45, 2.75) is 12.8 Å². The molecule has 0 aromatic carbocycles. The van der Waals surface area contributed by atoms with Gasteiger partial charge < -0.3 is 9.80 Å². The van der Waals surface area contributed by atoms with Crippen molar-refractivity contribution in [3.8, 4) is 0 Å². The summed E-state index contributed by atoms with van der Waals surface area (Å²) in [6.07, 6.45) is 5.97. The minimum atomic E-state index is 0. The first-order valence-electron chi connectivity index (χ1n) is 7.30. The summed E-state index contributed by atoms with van der Waals surface area (Å²) in [5.41, 5.74) is 2.73. The SMILES string of the molecule is CN1CCc2cc(Br)cnc21.CN1CCc2cccnc21.I.II. The lowest BCUT2D eigenvalue weighted by atomic mass is 10.2. The summed E-state index contributed by atoms with van der Waals surface area (Å²) in [7, 11) is 4.16. The van der Waals surface area contributed by atoms with Crippen LogP contribution in [-0.2, 0) is 12.8 Å². The monoisotopic (exact) mass is 728 g/mol. The Kier molecular flexibility index (Phi) is 10.7. The van der Waals surface area contributed by atoms with E-state index in [-0.39, 0.29) is 24.0 Å². The lowest BCUT2D eigenvalue weighted by Gasteiger charge is -2.09. The second kappa shape index (κ2) is 11.3. The fraction of sp³-hybridized carbons (Fsp3) is 0.375. The summed E-state index contributed by atoms with van der Waals surface area (Å²) in [5, 5.41) is 0. The van der Waals surface area contributed by atoms with E-state index in [1.165, 1.54) is 11.1 Å². The Balaban J connectivity index is 0.000000211. The second-order valence-electron chi connectivity index (χ2n) is 5.47. The molecule has 0 N–H and O–H groups in total. The highest BCUT2D eigenvalue weighted by atomic mass is 128. The first kappa shape index (κ1) is 22.6. The van der Waals surface area contributed by atoms with E-state index in [0.29, 0.717) is 0 Å². The molecule has 2 aliphatic rings. The van der Waals surface area contributed by atoms with E-state index in [2.05, 4.69) is 99.2 Å². The fourth-order valence-electron chi connectivity index (χ4n) is 2.76. The fourth-order valence-corrected chi connectivity index (χ4v) is 3.14. The van der Waals surface area contributed by atoms with Crippen LogP contribution in [0.3, 0.4) is 0 Å². The van der Waals surface area contributed by atoms with Crippen LogP contribution in [0.4, 0.5) is 11.6 Å². The maximum Gasteiger partial charge on any atom is 0.131 e. The highest BCUT2D eigenvalue weighted by molar-refractivity contribution is 15.0. The van der Waals surface area contributed by atoms with Crippen LogP contribution < -0.4 is 9.80 Å². The van der Waals surface area contributed by atoms with E-state index >= 15 is 0 Å². The second-order valence-corrected chi connectivity index (χ2v) is 6.38. The largest absolute Gasteiger partial charge is 0.359 e. The van der Waals surface area contributed by atoms with Gasteiger partial charge in [-0.2, -0.15) is 0 Å². The number of rotatable bonds is 0. The summed E-state index contributed by atoms with van der Waals surface area (Å²) in [5.74, 6) is 2.29. The number of hydrogen-bond acceptors (Lipinski definition) is 4. The highest BCUT2D eigenvalue weighted by Crippen LogP contribution is 2.26. The molecule has 8 heteroatoms. The predicted molar refractivity (Wildman–Crippen MR) is 134 cm³/mol. The molecule has 0 fully saturated rings. The summed E-state index contributed by atoms with van der Waals surface area (Å²) < 4.78 is 1.08. The van der Waals surface area contributed by atoms with Crippen LogP contribution in [0.1, 0.15) is 11.1 Å². The van der Waals surface area contributed by atoms with E-state index < -0.39 is 0 Å². The van der Waals surface area contributed by atoms with Crippen LogP contribution in [0.15, 0.2) is 35.1 Å². The molecule has 0 amide bonds. The van der Waals surface area contributed by atoms with Gasteiger partial charge in [0.15, 0.2) is 0 Å². The third-order valence-electron chi connectivity index (χ3n) is 3.93. The summed E-state index contributed by atoms with van der Waals surface area (Å²) in [4.78, 5) is 13.0. The summed E-state index contributed by atoms with van der Waals surface area (Å²) >= 11 is 7.64. The maximum absolute atomic E-state index is 4.32. The predicted octanol–water partition coefficient (Wildman–Crippen LogP) is 5.30. The Bertz CT molecular complexity index is 657. The van der Waals surface area contributed by atoms with Crippen molar-refractivity contribution >= 4 is 88.8 Å². The first-order valence-corrected chi connectivity index (χ1v) is 14.4. The van der Waals surface area contributed by atoms with Crippen LogP contribution in [0.5, 0.6) is 0 Å². The van der Waals surface area contributed by atoms with E-state index in [1.807, 2.05) is 18.5 Å². The summed E-state index contributed by atoms with van der Waals surface area (Å²) in [6, 6.07) is 6.29. The molecule has 0 radical (unpaired) electrons. The molecule has 2 aromatic heterocycles. The molecular weight excluding hydrogens is 709 g/mol. The van der Waals surface area contributed by atoms with Gasteiger partial charge in [0.25, 0.3) is 0 Å². The Hall–Kier alpha value is 0.570. The molecule has 24 heavy (non-hydrogen) atoms. The van der Waals surface area contributed by atoms with E-state index in [1.54, 1.807) is 0 Å². The zero-order chi connectivity index (χ0) is 16.8. The Morgan fingerprint density at radius 2 is 1.58 bits per heavy atom. The van der Waals surface area contributed by atoms with Crippen molar-refractivity contribution in [3.05, 3.63) is 46.2 Å². The number of anilines is 2. The normalized spacial score (nSPS) is 13.7. The van der Waals surface area contributed by atoms with Crippen molar-refractivity contribution in [2.24, 2.45) is 0 Å². The number of pyridine rings is 2. The zero-order valence-corrected chi connectivity index (χ0v) is 21.8. The van der Waals surface area contributed by atoms with Gasteiger partial charge in [0, 0.05) is 81.3 Å². The van der Waals surface area contributed by atoms with Gasteiger partial charge in [0.05, 0.1) is 0 Å². The standard InChI is InChI=1S/C8H9BrN2.C8H10N2.I2.HI/c1-11-3-2-6-4-7(9)5-10-8(6)11;1-10-6-4-7-3-2-5-9-8(7)10;1-2;/h4-5H,2-3H2,1H3;2-3,5H,4,6H2,1H3;;1H. The Labute approximate surface area is 192 Å². The average Bonchev–Trinajstić information content (AvgIpc) is 3.14. The molecule has 0 unspecified atom stereocenters. The molecule has 0 spiro atoms.